The van der Waals surface area contributed by atoms with Crippen molar-refractivity contribution in [2.24, 2.45) is 0 Å². The minimum atomic E-state index is -0.207. The fourth-order valence-electron chi connectivity index (χ4n) is 2.77. The summed E-state index contributed by atoms with van der Waals surface area (Å²) in [5.74, 6) is 0.619. The molecule has 0 aliphatic heterocycles. The average molecular weight is 316 g/mol. The molecular formula is C18H18ClNO2. The van der Waals surface area contributed by atoms with Gasteiger partial charge in [0.2, 0.25) is 0 Å². The van der Waals surface area contributed by atoms with Crippen LogP contribution in [0.15, 0.2) is 42.5 Å². The molecular weight excluding hydrogens is 298 g/mol. The van der Waals surface area contributed by atoms with Gasteiger partial charge >= 0.3 is 0 Å². The Hall–Kier alpha value is -2.00. The molecule has 4 heteroatoms. The third-order valence-corrected chi connectivity index (χ3v) is 4.19. The molecule has 1 amide bonds. The maximum Gasteiger partial charge on any atom is 0.262 e. The van der Waals surface area contributed by atoms with E-state index < -0.39 is 0 Å². The molecule has 0 heterocycles. The molecule has 0 aromatic heterocycles. The van der Waals surface area contributed by atoms with E-state index in [1.165, 1.54) is 24.0 Å². The number of aryl methyl sites for hydroxylation is 1. The number of para-hydroxylation sites is 1. The van der Waals surface area contributed by atoms with Gasteiger partial charge in [0, 0.05) is 0 Å². The van der Waals surface area contributed by atoms with Gasteiger partial charge in [-0.3, -0.25) is 4.79 Å². The van der Waals surface area contributed by atoms with Crippen LogP contribution in [-0.2, 0) is 17.6 Å². The smallest absolute Gasteiger partial charge is 0.262 e. The number of benzene rings is 2. The monoisotopic (exact) mass is 315 g/mol. The third-order valence-electron chi connectivity index (χ3n) is 3.86. The number of fused-ring (bicyclic) bond motifs is 1. The number of anilines is 1. The lowest BCUT2D eigenvalue weighted by Gasteiger charge is -2.19. The molecule has 2 aromatic carbocycles. The molecule has 3 nitrogen and oxygen atoms in total. The van der Waals surface area contributed by atoms with E-state index in [1.54, 1.807) is 12.1 Å². The first kappa shape index (κ1) is 14.9. The molecule has 0 atom stereocenters. The maximum absolute atomic E-state index is 12.0. The molecule has 3 rings (SSSR count). The van der Waals surface area contributed by atoms with Gasteiger partial charge in [0.25, 0.3) is 5.91 Å². The fourth-order valence-corrected chi connectivity index (χ4v) is 2.96. The molecule has 1 aliphatic rings. The first-order valence-corrected chi connectivity index (χ1v) is 7.90. The number of carbonyl (C=O) groups excluding carboxylic acids is 1. The number of hydrogen-bond acceptors (Lipinski definition) is 2. The standard InChI is InChI=1S/C18H18ClNO2/c19-15-9-3-4-10-16(15)20-18(21)12-22-17-11-5-7-13-6-1-2-8-14(13)17/h3-5,7,9-11H,1-2,6,8,12H2,(H,20,21). The van der Waals surface area contributed by atoms with Crippen LogP contribution in [0, 0.1) is 0 Å². The quantitative estimate of drug-likeness (QED) is 0.916. The summed E-state index contributed by atoms with van der Waals surface area (Å²) in [6.45, 7) is -0.0122. The van der Waals surface area contributed by atoms with Gasteiger partial charge in [-0.15, -0.1) is 0 Å². The van der Waals surface area contributed by atoms with Crippen molar-refractivity contribution in [2.45, 2.75) is 25.7 Å². The van der Waals surface area contributed by atoms with E-state index in [9.17, 15) is 4.79 Å². The van der Waals surface area contributed by atoms with Crippen LogP contribution in [-0.4, -0.2) is 12.5 Å². The fraction of sp³-hybridized carbons (Fsp3) is 0.278. The highest BCUT2D eigenvalue weighted by atomic mass is 35.5. The van der Waals surface area contributed by atoms with Gasteiger partial charge in [-0.2, -0.15) is 0 Å². The number of rotatable bonds is 4. The molecule has 0 bridgehead atoms. The summed E-state index contributed by atoms with van der Waals surface area (Å²) in [6.07, 6.45) is 4.53. The molecule has 22 heavy (non-hydrogen) atoms. The molecule has 0 saturated carbocycles. The molecule has 1 N–H and O–H groups in total. The van der Waals surface area contributed by atoms with Gasteiger partial charge in [0.15, 0.2) is 6.61 Å². The minimum absolute atomic E-state index is 0.0122. The van der Waals surface area contributed by atoms with E-state index in [4.69, 9.17) is 16.3 Å². The van der Waals surface area contributed by atoms with Crippen LogP contribution in [0.25, 0.3) is 0 Å². The van der Waals surface area contributed by atoms with Crippen LogP contribution in [0.5, 0.6) is 5.75 Å². The van der Waals surface area contributed by atoms with E-state index in [-0.39, 0.29) is 12.5 Å². The summed E-state index contributed by atoms with van der Waals surface area (Å²) in [7, 11) is 0. The Morgan fingerprint density at radius 3 is 2.77 bits per heavy atom. The van der Waals surface area contributed by atoms with Crippen LogP contribution in [0.4, 0.5) is 5.69 Å². The Kier molecular flexibility index (Phi) is 4.64. The number of halogens is 1. The third kappa shape index (κ3) is 3.42. The van der Waals surface area contributed by atoms with Crippen LogP contribution in [0.2, 0.25) is 5.02 Å². The number of hydrogen-bond donors (Lipinski definition) is 1. The first-order valence-electron chi connectivity index (χ1n) is 7.52. The zero-order valence-electron chi connectivity index (χ0n) is 12.3. The van der Waals surface area contributed by atoms with E-state index in [2.05, 4.69) is 11.4 Å². The van der Waals surface area contributed by atoms with Gasteiger partial charge in [0.05, 0.1) is 10.7 Å². The highest BCUT2D eigenvalue weighted by Crippen LogP contribution is 2.29. The molecule has 0 spiro atoms. The lowest BCUT2D eigenvalue weighted by Crippen LogP contribution is -2.21. The predicted octanol–water partition coefficient (Wildman–Crippen LogP) is 4.24. The van der Waals surface area contributed by atoms with Crippen molar-refractivity contribution >= 4 is 23.2 Å². The van der Waals surface area contributed by atoms with Gasteiger partial charge in [-0.25, -0.2) is 0 Å². The largest absolute Gasteiger partial charge is 0.483 e. The Morgan fingerprint density at radius 1 is 1.09 bits per heavy atom. The van der Waals surface area contributed by atoms with Gasteiger partial charge in [0.1, 0.15) is 5.75 Å². The van der Waals surface area contributed by atoms with Crippen LogP contribution >= 0.6 is 11.6 Å². The van der Waals surface area contributed by atoms with E-state index in [0.29, 0.717) is 10.7 Å². The molecule has 1 aliphatic carbocycles. The maximum atomic E-state index is 12.0. The molecule has 0 fully saturated rings. The minimum Gasteiger partial charge on any atom is -0.483 e. The van der Waals surface area contributed by atoms with Gasteiger partial charge in [-0.1, -0.05) is 35.9 Å². The number of carbonyl (C=O) groups is 1. The van der Waals surface area contributed by atoms with Gasteiger partial charge in [-0.05, 0) is 55.0 Å². The molecule has 0 unspecified atom stereocenters. The molecule has 0 saturated heterocycles. The first-order chi connectivity index (χ1) is 10.7. The SMILES string of the molecule is O=C(COc1cccc2c1CCCC2)Nc1ccccc1Cl. The van der Waals surface area contributed by atoms with E-state index in [1.807, 2.05) is 24.3 Å². The van der Waals surface area contributed by atoms with Crippen LogP contribution < -0.4 is 10.1 Å². The normalized spacial score (nSPS) is 13.3. The molecule has 114 valence electrons. The number of amides is 1. The van der Waals surface area contributed by atoms with Crippen molar-refractivity contribution in [3.63, 3.8) is 0 Å². The lowest BCUT2D eigenvalue weighted by molar-refractivity contribution is -0.118. The highest BCUT2D eigenvalue weighted by Gasteiger charge is 2.14. The topological polar surface area (TPSA) is 38.3 Å². The molecule has 2 aromatic rings. The highest BCUT2D eigenvalue weighted by molar-refractivity contribution is 6.33. The van der Waals surface area contributed by atoms with Gasteiger partial charge < -0.3 is 10.1 Å². The summed E-state index contributed by atoms with van der Waals surface area (Å²) in [4.78, 5) is 12.0. The van der Waals surface area contributed by atoms with E-state index >= 15 is 0 Å². The van der Waals surface area contributed by atoms with Crippen molar-refractivity contribution in [2.75, 3.05) is 11.9 Å². The second-order valence-corrected chi connectivity index (χ2v) is 5.82. The van der Waals surface area contributed by atoms with Crippen molar-refractivity contribution in [1.82, 2.24) is 0 Å². The summed E-state index contributed by atoms with van der Waals surface area (Å²) in [6, 6.07) is 13.2. The number of nitrogens with one attached hydrogen (secondary N) is 1. The summed E-state index contributed by atoms with van der Waals surface area (Å²) >= 11 is 6.02. The second kappa shape index (κ2) is 6.84. The van der Waals surface area contributed by atoms with Crippen molar-refractivity contribution in [3.05, 3.63) is 58.6 Å². The van der Waals surface area contributed by atoms with Crippen molar-refractivity contribution < 1.29 is 9.53 Å². The zero-order valence-corrected chi connectivity index (χ0v) is 13.0. The number of ether oxygens (including phenoxy) is 1. The van der Waals surface area contributed by atoms with Crippen molar-refractivity contribution in [3.8, 4) is 5.75 Å². The predicted molar refractivity (Wildman–Crippen MR) is 88.7 cm³/mol. The Bertz CT molecular complexity index is 685. The Balaban J connectivity index is 1.63. The zero-order chi connectivity index (χ0) is 15.4. The summed E-state index contributed by atoms with van der Waals surface area (Å²) in [5, 5.41) is 3.29. The average Bonchev–Trinajstić information content (AvgIpc) is 2.55. The summed E-state index contributed by atoms with van der Waals surface area (Å²) in [5.41, 5.74) is 3.20. The van der Waals surface area contributed by atoms with Crippen molar-refractivity contribution in [1.29, 1.82) is 0 Å². The summed E-state index contributed by atoms with van der Waals surface area (Å²) < 4.78 is 5.72. The van der Waals surface area contributed by atoms with E-state index in [0.717, 1.165) is 18.6 Å². The Morgan fingerprint density at radius 2 is 1.91 bits per heavy atom. The van der Waals surface area contributed by atoms with Crippen LogP contribution in [0.3, 0.4) is 0 Å². The molecule has 0 radical (unpaired) electrons. The van der Waals surface area contributed by atoms with Crippen LogP contribution in [0.1, 0.15) is 24.0 Å². The Labute approximate surface area is 135 Å². The lowest BCUT2D eigenvalue weighted by atomic mass is 9.91. The second-order valence-electron chi connectivity index (χ2n) is 5.42.